The maximum Gasteiger partial charge on any atom is 0.311 e. The molecule has 0 spiro atoms. The number of nitro groups is 1. The molecule has 0 unspecified atom stereocenters. The Bertz CT molecular complexity index is 704. The van der Waals surface area contributed by atoms with Gasteiger partial charge in [0, 0.05) is 21.4 Å². The molecule has 22 heavy (non-hydrogen) atoms. The number of hydrogen-bond donors (Lipinski definition) is 1. The van der Waals surface area contributed by atoms with E-state index < -0.39 is 10.8 Å². The maximum atomic E-state index is 12.1. The number of ether oxygens (including phenoxy) is 1. The van der Waals surface area contributed by atoms with Gasteiger partial charge in [-0.2, -0.15) is 0 Å². The number of nitro benzene ring substituents is 1. The molecule has 1 heterocycles. The van der Waals surface area contributed by atoms with Crippen molar-refractivity contribution in [2.45, 2.75) is 6.92 Å². The van der Waals surface area contributed by atoms with E-state index in [2.05, 4.69) is 32.9 Å². The number of nitrogens with one attached hydrogen (secondary N) is 1. The molecular formula is C14H12IN3O4. The number of aromatic nitrogens is 1. The fourth-order valence-electron chi connectivity index (χ4n) is 1.72. The van der Waals surface area contributed by atoms with E-state index in [1.54, 1.807) is 25.3 Å². The molecule has 1 aromatic carbocycles. The normalized spacial score (nSPS) is 10.1. The van der Waals surface area contributed by atoms with E-state index in [0.717, 1.165) is 3.57 Å². The second kappa shape index (κ2) is 7.16. The minimum Gasteiger partial charge on any atom is -0.487 e. The Morgan fingerprint density at radius 1 is 1.41 bits per heavy atom. The lowest BCUT2D eigenvalue weighted by Crippen LogP contribution is -2.13. The average molecular weight is 413 g/mol. The van der Waals surface area contributed by atoms with Gasteiger partial charge in [0.05, 0.1) is 11.5 Å². The SMILES string of the molecule is CCOc1ccc(C(=O)Nc2ccc(I)cn2)cc1[N+](=O)[O-]. The third-order valence-corrected chi connectivity index (χ3v) is 3.32. The molecular weight excluding hydrogens is 401 g/mol. The summed E-state index contributed by atoms with van der Waals surface area (Å²) in [5.74, 6) is 0.0400. The Morgan fingerprint density at radius 3 is 2.77 bits per heavy atom. The molecule has 2 rings (SSSR count). The van der Waals surface area contributed by atoms with Gasteiger partial charge >= 0.3 is 5.69 Å². The number of pyridine rings is 1. The van der Waals surface area contributed by atoms with Gasteiger partial charge in [-0.05, 0) is 53.8 Å². The van der Waals surface area contributed by atoms with E-state index in [-0.39, 0.29) is 17.0 Å². The van der Waals surface area contributed by atoms with Gasteiger partial charge in [-0.15, -0.1) is 0 Å². The lowest BCUT2D eigenvalue weighted by atomic mass is 10.1. The van der Waals surface area contributed by atoms with Gasteiger partial charge in [0.1, 0.15) is 5.82 Å². The fourth-order valence-corrected chi connectivity index (χ4v) is 2.04. The molecule has 0 aliphatic carbocycles. The molecule has 2 aromatic rings. The minimum absolute atomic E-state index is 0.136. The zero-order valence-electron chi connectivity index (χ0n) is 11.6. The van der Waals surface area contributed by atoms with Gasteiger partial charge < -0.3 is 10.1 Å². The predicted molar refractivity (Wildman–Crippen MR) is 89.2 cm³/mol. The summed E-state index contributed by atoms with van der Waals surface area (Å²) in [6, 6.07) is 7.53. The van der Waals surface area contributed by atoms with Crippen molar-refractivity contribution in [3.63, 3.8) is 0 Å². The number of nitrogens with zero attached hydrogens (tertiary/aromatic N) is 2. The number of rotatable bonds is 5. The number of halogens is 1. The molecule has 0 bridgehead atoms. The largest absolute Gasteiger partial charge is 0.487 e. The van der Waals surface area contributed by atoms with Crippen LogP contribution < -0.4 is 10.1 Å². The van der Waals surface area contributed by atoms with Crippen LogP contribution in [0, 0.1) is 13.7 Å². The van der Waals surface area contributed by atoms with Crippen molar-refractivity contribution in [3.05, 3.63) is 55.8 Å². The van der Waals surface area contributed by atoms with E-state index in [0.29, 0.717) is 12.4 Å². The van der Waals surface area contributed by atoms with Crippen LogP contribution in [0.5, 0.6) is 5.75 Å². The first kappa shape index (κ1) is 16.1. The van der Waals surface area contributed by atoms with Crippen molar-refractivity contribution in [2.75, 3.05) is 11.9 Å². The Balaban J connectivity index is 2.24. The van der Waals surface area contributed by atoms with E-state index in [1.165, 1.54) is 18.2 Å². The summed E-state index contributed by atoms with van der Waals surface area (Å²) >= 11 is 2.10. The molecule has 7 nitrogen and oxygen atoms in total. The zero-order valence-corrected chi connectivity index (χ0v) is 13.7. The van der Waals surface area contributed by atoms with Crippen LogP contribution in [0.2, 0.25) is 0 Å². The molecule has 0 fully saturated rings. The number of hydrogen-bond acceptors (Lipinski definition) is 5. The lowest BCUT2D eigenvalue weighted by Gasteiger charge is -2.07. The van der Waals surface area contributed by atoms with E-state index >= 15 is 0 Å². The molecule has 0 atom stereocenters. The quantitative estimate of drug-likeness (QED) is 0.462. The fraction of sp³-hybridized carbons (Fsp3) is 0.143. The van der Waals surface area contributed by atoms with Crippen LogP contribution in [0.1, 0.15) is 17.3 Å². The van der Waals surface area contributed by atoms with E-state index in [4.69, 9.17) is 4.74 Å². The number of benzene rings is 1. The zero-order chi connectivity index (χ0) is 16.1. The highest BCUT2D eigenvalue weighted by Gasteiger charge is 2.18. The topological polar surface area (TPSA) is 94.4 Å². The summed E-state index contributed by atoms with van der Waals surface area (Å²) in [7, 11) is 0. The van der Waals surface area contributed by atoms with Crippen molar-refractivity contribution in [1.82, 2.24) is 4.98 Å². The van der Waals surface area contributed by atoms with Crippen LogP contribution in [0.3, 0.4) is 0 Å². The third-order valence-electron chi connectivity index (χ3n) is 2.69. The molecule has 114 valence electrons. The standard InChI is InChI=1S/C14H12IN3O4/c1-2-22-12-5-3-9(7-11(12)18(20)21)14(19)17-13-6-4-10(15)8-16-13/h3-8H,2H2,1H3,(H,16,17,19). The number of carbonyl (C=O) groups excluding carboxylic acids is 1. The van der Waals surface area contributed by atoms with Crippen molar-refractivity contribution < 1.29 is 14.5 Å². The van der Waals surface area contributed by atoms with Crippen molar-refractivity contribution >= 4 is 40.0 Å². The van der Waals surface area contributed by atoms with E-state index in [1.807, 2.05) is 0 Å². The summed E-state index contributed by atoms with van der Waals surface area (Å²) < 4.78 is 6.12. The van der Waals surface area contributed by atoms with Crippen LogP contribution in [-0.4, -0.2) is 22.4 Å². The Kier molecular flexibility index (Phi) is 5.26. The summed E-state index contributed by atoms with van der Waals surface area (Å²) in [5, 5.41) is 13.6. The number of carbonyl (C=O) groups is 1. The summed E-state index contributed by atoms with van der Waals surface area (Å²) in [5.41, 5.74) is -0.0828. The second-order valence-corrected chi connectivity index (χ2v) is 5.43. The summed E-state index contributed by atoms with van der Waals surface area (Å²) in [6.07, 6.45) is 1.61. The highest BCUT2D eigenvalue weighted by molar-refractivity contribution is 14.1. The first-order valence-corrected chi connectivity index (χ1v) is 7.43. The van der Waals surface area contributed by atoms with Crippen molar-refractivity contribution in [3.8, 4) is 5.75 Å². The predicted octanol–water partition coefficient (Wildman–Crippen LogP) is 3.25. The maximum absolute atomic E-state index is 12.1. The average Bonchev–Trinajstić information content (AvgIpc) is 2.50. The van der Waals surface area contributed by atoms with Gasteiger partial charge in [-0.3, -0.25) is 14.9 Å². The monoisotopic (exact) mass is 413 g/mol. The van der Waals surface area contributed by atoms with Crippen LogP contribution in [-0.2, 0) is 0 Å². The Labute approximate surface area is 140 Å². The lowest BCUT2D eigenvalue weighted by molar-refractivity contribution is -0.385. The molecule has 1 N–H and O–H groups in total. The molecule has 0 aliphatic heterocycles. The number of amides is 1. The van der Waals surface area contributed by atoms with Crippen molar-refractivity contribution in [1.29, 1.82) is 0 Å². The highest BCUT2D eigenvalue weighted by Crippen LogP contribution is 2.28. The van der Waals surface area contributed by atoms with Gasteiger partial charge in [-0.1, -0.05) is 0 Å². The summed E-state index contributed by atoms with van der Waals surface area (Å²) in [4.78, 5) is 26.6. The van der Waals surface area contributed by atoms with Crippen LogP contribution in [0.4, 0.5) is 11.5 Å². The summed E-state index contributed by atoms with van der Waals surface area (Å²) in [6.45, 7) is 2.03. The molecule has 0 saturated heterocycles. The van der Waals surface area contributed by atoms with Gasteiger partial charge in [0.15, 0.2) is 5.75 Å². The van der Waals surface area contributed by atoms with Gasteiger partial charge in [0.2, 0.25) is 0 Å². The first-order chi connectivity index (χ1) is 10.5. The second-order valence-electron chi connectivity index (χ2n) is 4.19. The third kappa shape index (κ3) is 3.91. The Morgan fingerprint density at radius 2 is 2.18 bits per heavy atom. The smallest absolute Gasteiger partial charge is 0.311 e. The minimum atomic E-state index is -0.578. The van der Waals surface area contributed by atoms with E-state index in [9.17, 15) is 14.9 Å². The molecule has 1 amide bonds. The molecule has 1 aromatic heterocycles. The van der Waals surface area contributed by atoms with Gasteiger partial charge in [-0.25, -0.2) is 4.98 Å². The molecule has 0 saturated carbocycles. The van der Waals surface area contributed by atoms with Crippen LogP contribution in [0.25, 0.3) is 0 Å². The van der Waals surface area contributed by atoms with Gasteiger partial charge in [0.25, 0.3) is 5.91 Å². The Hall–Kier alpha value is -2.23. The molecule has 0 radical (unpaired) electrons. The highest BCUT2D eigenvalue weighted by atomic mass is 127. The van der Waals surface area contributed by atoms with Crippen LogP contribution >= 0.6 is 22.6 Å². The van der Waals surface area contributed by atoms with Crippen molar-refractivity contribution in [2.24, 2.45) is 0 Å². The van der Waals surface area contributed by atoms with Crippen LogP contribution in [0.15, 0.2) is 36.5 Å². The molecule has 8 heteroatoms. The molecule has 0 aliphatic rings. The first-order valence-electron chi connectivity index (χ1n) is 6.35. The number of anilines is 1.